The number of rotatable bonds is 3. The second kappa shape index (κ2) is 8.08. The maximum atomic E-state index is 13.2. The number of carbonyl (C=O) groups excluding carboxylic acids is 3. The Morgan fingerprint density at radius 3 is 2.15 bits per heavy atom. The number of carbonyl (C=O) groups is 3. The van der Waals surface area contributed by atoms with E-state index in [9.17, 15) is 40.7 Å². The fraction of sp³-hybridized carbons (Fsp3) is 0.286. The highest BCUT2D eigenvalue weighted by molar-refractivity contribution is 7.99. The molecule has 1 saturated heterocycles. The van der Waals surface area contributed by atoms with Crippen LogP contribution in [-0.2, 0) is 28.5 Å². The number of piperidine rings is 1. The van der Waals surface area contributed by atoms with E-state index in [1.807, 2.05) is 0 Å². The van der Waals surface area contributed by atoms with E-state index in [0.29, 0.717) is 34.4 Å². The number of nitrogens with one attached hydrogen (secondary N) is 1. The third-order valence-corrected chi connectivity index (χ3v) is 6.40. The van der Waals surface area contributed by atoms with Gasteiger partial charge >= 0.3 is 12.4 Å². The number of hydrogen-bond donors (Lipinski definition) is 1. The van der Waals surface area contributed by atoms with Crippen LogP contribution in [0.1, 0.15) is 39.9 Å². The standard InChI is InChI=1S/C21H14F6N2O3S/c22-20(23,24)10-6-11(21(25,26)27)8-12(7-10)33-16-3-1-2-13-14(16)9-29(19(13)32)15-4-5-17(30)28-18(15)31/h1-3,6-8,15H,4-5,9H2,(H,28,30,31). The molecule has 0 spiro atoms. The van der Waals surface area contributed by atoms with Crippen molar-refractivity contribution in [1.29, 1.82) is 0 Å². The molecule has 0 saturated carbocycles. The maximum absolute atomic E-state index is 13.2. The highest BCUT2D eigenvalue weighted by Gasteiger charge is 2.40. The highest BCUT2D eigenvalue weighted by Crippen LogP contribution is 2.42. The molecule has 5 nitrogen and oxygen atoms in total. The van der Waals surface area contributed by atoms with Gasteiger partial charge in [-0.15, -0.1) is 0 Å². The van der Waals surface area contributed by atoms with Crippen molar-refractivity contribution >= 4 is 29.5 Å². The number of halogens is 6. The molecule has 12 heteroatoms. The summed E-state index contributed by atoms with van der Waals surface area (Å²) in [5, 5.41) is 2.16. The Kier molecular flexibility index (Phi) is 5.67. The predicted molar refractivity (Wildman–Crippen MR) is 103 cm³/mol. The molecule has 2 heterocycles. The Labute approximate surface area is 187 Å². The summed E-state index contributed by atoms with van der Waals surface area (Å²) in [5.41, 5.74) is -2.28. The topological polar surface area (TPSA) is 66.5 Å². The van der Waals surface area contributed by atoms with Crippen LogP contribution in [0.4, 0.5) is 26.3 Å². The van der Waals surface area contributed by atoms with Gasteiger partial charge in [-0.25, -0.2) is 0 Å². The predicted octanol–water partition coefficient (Wildman–Crippen LogP) is 4.64. The molecule has 1 fully saturated rings. The first-order valence-corrected chi connectivity index (χ1v) is 10.4. The molecule has 4 rings (SSSR count). The molecule has 2 aromatic rings. The van der Waals surface area contributed by atoms with Crippen molar-refractivity contribution in [3.63, 3.8) is 0 Å². The van der Waals surface area contributed by atoms with Gasteiger partial charge < -0.3 is 4.90 Å². The lowest BCUT2D eigenvalue weighted by Gasteiger charge is -2.29. The van der Waals surface area contributed by atoms with Crippen molar-refractivity contribution in [2.45, 2.75) is 47.6 Å². The first-order chi connectivity index (χ1) is 15.3. The van der Waals surface area contributed by atoms with E-state index in [2.05, 4.69) is 5.32 Å². The zero-order valence-electron chi connectivity index (χ0n) is 16.5. The number of benzene rings is 2. The minimum Gasteiger partial charge on any atom is -0.322 e. The van der Waals surface area contributed by atoms with E-state index >= 15 is 0 Å². The Morgan fingerprint density at radius 2 is 1.58 bits per heavy atom. The third-order valence-electron chi connectivity index (χ3n) is 5.33. The molecule has 0 radical (unpaired) electrons. The second-order valence-corrected chi connectivity index (χ2v) is 8.64. The molecule has 2 aliphatic heterocycles. The van der Waals surface area contributed by atoms with Crippen LogP contribution < -0.4 is 5.32 Å². The average Bonchev–Trinajstić information content (AvgIpc) is 3.04. The van der Waals surface area contributed by atoms with E-state index in [1.54, 1.807) is 0 Å². The van der Waals surface area contributed by atoms with Crippen molar-refractivity contribution in [3.8, 4) is 0 Å². The number of fused-ring (bicyclic) bond motifs is 1. The van der Waals surface area contributed by atoms with E-state index in [0.717, 1.165) is 0 Å². The fourth-order valence-electron chi connectivity index (χ4n) is 3.77. The van der Waals surface area contributed by atoms with Crippen molar-refractivity contribution in [1.82, 2.24) is 10.2 Å². The van der Waals surface area contributed by atoms with Crippen molar-refractivity contribution in [2.75, 3.05) is 0 Å². The summed E-state index contributed by atoms with van der Waals surface area (Å²) in [7, 11) is 0. The van der Waals surface area contributed by atoms with E-state index in [-0.39, 0.29) is 35.9 Å². The number of alkyl halides is 6. The van der Waals surface area contributed by atoms with Gasteiger partial charge in [0.2, 0.25) is 11.8 Å². The van der Waals surface area contributed by atoms with E-state index in [1.165, 1.54) is 23.1 Å². The first kappa shape index (κ1) is 23.1. The Balaban J connectivity index is 1.68. The largest absolute Gasteiger partial charge is 0.416 e. The van der Waals surface area contributed by atoms with Gasteiger partial charge in [0.25, 0.3) is 5.91 Å². The summed E-state index contributed by atoms with van der Waals surface area (Å²) in [6.07, 6.45) is -9.79. The maximum Gasteiger partial charge on any atom is 0.416 e. The lowest BCUT2D eigenvalue weighted by Crippen LogP contribution is -2.52. The monoisotopic (exact) mass is 488 g/mol. The summed E-state index contributed by atoms with van der Waals surface area (Å²) >= 11 is 0.672. The van der Waals surface area contributed by atoms with E-state index < -0.39 is 47.2 Å². The lowest BCUT2D eigenvalue weighted by molar-refractivity contribution is -0.143. The van der Waals surface area contributed by atoms with Gasteiger partial charge in [-0.05, 0) is 42.3 Å². The van der Waals surface area contributed by atoms with Gasteiger partial charge in [-0.1, -0.05) is 17.8 Å². The van der Waals surface area contributed by atoms with Crippen LogP contribution in [-0.4, -0.2) is 28.7 Å². The van der Waals surface area contributed by atoms with Gasteiger partial charge in [-0.2, -0.15) is 26.3 Å². The quantitative estimate of drug-likeness (QED) is 0.505. The molecular weight excluding hydrogens is 474 g/mol. The van der Waals surface area contributed by atoms with Crippen LogP contribution in [0, 0.1) is 0 Å². The molecule has 1 unspecified atom stereocenters. The molecule has 0 aromatic heterocycles. The zero-order chi connectivity index (χ0) is 24.1. The normalized spacial score (nSPS) is 19.0. The Bertz CT molecular complexity index is 1130. The molecule has 3 amide bonds. The SMILES string of the molecule is O=C1CCC(N2Cc3c(Sc4cc(C(F)(F)F)cc(C(F)(F)F)c4)cccc3C2=O)C(=O)N1. The number of nitrogens with zero attached hydrogens (tertiary/aromatic N) is 1. The zero-order valence-corrected chi connectivity index (χ0v) is 17.3. The number of hydrogen-bond acceptors (Lipinski definition) is 4. The minimum absolute atomic E-state index is 0.0442. The number of amides is 3. The Hall–Kier alpha value is -3.02. The third kappa shape index (κ3) is 4.56. The van der Waals surface area contributed by atoms with Crippen molar-refractivity contribution in [2.24, 2.45) is 0 Å². The van der Waals surface area contributed by atoms with Crippen molar-refractivity contribution < 1.29 is 40.7 Å². The summed E-state index contributed by atoms with van der Waals surface area (Å²) in [6, 6.07) is 4.81. The lowest BCUT2D eigenvalue weighted by atomic mass is 10.0. The van der Waals surface area contributed by atoms with Gasteiger partial charge in [0.15, 0.2) is 0 Å². The molecule has 1 atom stereocenters. The van der Waals surface area contributed by atoms with Gasteiger partial charge in [0.05, 0.1) is 11.1 Å². The smallest absolute Gasteiger partial charge is 0.322 e. The number of imide groups is 1. The molecular formula is C21H14F6N2O3S. The minimum atomic E-state index is -4.98. The molecule has 2 aromatic carbocycles. The van der Waals surface area contributed by atoms with Crippen LogP contribution >= 0.6 is 11.8 Å². The van der Waals surface area contributed by atoms with Crippen LogP contribution in [0.3, 0.4) is 0 Å². The van der Waals surface area contributed by atoms with Crippen LogP contribution in [0.2, 0.25) is 0 Å². The molecule has 174 valence electrons. The molecule has 2 aliphatic rings. The summed E-state index contributed by atoms with van der Waals surface area (Å²) < 4.78 is 79.1. The molecule has 33 heavy (non-hydrogen) atoms. The molecule has 0 bridgehead atoms. The molecule has 0 aliphatic carbocycles. The summed E-state index contributed by atoms with van der Waals surface area (Å²) in [4.78, 5) is 37.7. The van der Waals surface area contributed by atoms with Crippen LogP contribution in [0.15, 0.2) is 46.2 Å². The van der Waals surface area contributed by atoms with Crippen molar-refractivity contribution in [3.05, 3.63) is 58.7 Å². The molecule has 1 N–H and O–H groups in total. The van der Waals surface area contributed by atoms with Gasteiger partial charge in [0.1, 0.15) is 6.04 Å². The average molecular weight is 488 g/mol. The van der Waals surface area contributed by atoms with Crippen LogP contribution in [0.25, 0.3) is 0 Å². The van der Waals surface area contributed by atoms with Crippen LogP contribution in [0.5, 0.6) is 0 Å². The first-order valence-electron chi connectivity index (χ1n) is 9.58. The van der Waals surface area contributed by atoms with E-state index in [4.69, 9.17) is 0 Å². The second-order valence-electron chi connectivity index (χ2n) is 7.53. The summed E-state index contributed by atoms with van der Waals surface area (Å²) in [6.45, 7) is -0.0608. The fourth-order valence-corrected chi connectivity index (χ4v) is 4.84. The van der Waals surface area contributed by atoms with Gasteiger partial charge in [-0.3, -0.25) is 19.7 Å². The highest BCUT2D eigenvalue weighted by atomic mass is 32.2. The Morgan fingerprint density at radius 1 is 0.939 bits per heavy atom. The van der Waals surface area contributed by atoms with Gasteiger partial charge in [0, 0.05) is 28.3 Å². The summed E-state index contributed by atoms with van der Waals surface area (Å²) in [5.74, 6) is -1.59.